The molecule has 0 amide bonds. The summed E-state index contributed by atoms with van der Waals surface area (Å²) in [6.45, 7) is 1.29. The maximum atomic E-state index is 9.86. The van der Waals surface area contributed by atoms with Crippen LogP contribution in [0.15, 0.2) is 16.8 Å². The van der Waals surface area contributed by atoms with Crippen molar-refractivity contribution in [3.05, 3.63) is 22.4 Å². The van der Waals surface area contributed by atoms with Gasteiger partial charge in [0.2, 0.25) is 0 Å². The molecule has 0 radical (unpaired) electrons. The molecule has 1 heterocycles. The van der Waals surface area contributed by atoms with Crippen LogP contribution in [0.1, 0.15) is 37.4 Å². The highest BCUT2D eigenvalue weighted by Gasteiger charge is 2.17. The van der Waals surface area contributed by atoms with Crippen molar-refractivity contribution in [3.63, 3.8) is 0 Å². The van der Waals surface area contributed by atoms with Crippen molar-refractivity contribution in [3.8, 4) is 0 Å². The van der Waals surface area contributed by atoms with Gasteiger partial charge in [-0.1, -0.05) is 12.8 Å². The molecular weight excluding hydrogens is 262 g/mol. The van der Waals surface area contributed by atoms with Gasteiger partial charge in [-0.05, 0) is 35.2 Å². The summed E-state index contributed by atoms with van der Waals surface area (Å²) in [5.41, 5.74) is 0.925. The van der Waals surface area contributed by atoms with Crippen LogP contribution < -0.4 is 5.32 Å². The molecule has 19 heavy (non-hydrogen) atoms. The fourth-order valence-corrected chi connectivity index (χ4v) is 3.04. The van der Waals surface area contributed by atoms with Gasteiger partial charge in [0.05, 0.1) is 24.9 Å². The smallest absolute Gasteiger partial charge is 0.0922 e. The van der Waals surface area contributed by atoms with E-state index in [2.05, 4.69) is 5.32 Å². The first-order chi connectivity index (χ1) is 9.25. The van der Waals surface area contributed by atoms with E-state index in [1.54, 1.807) is 11.3 Å². The van der Waals surface area contributed by atoms with E-state index in [4.69, 9.17) is 4.74 Å². The lowest BCUT2D eigenvalue weighted by molar-refractivity contribution is -0.00622. The Kier molecular flexibility index (Phi) is 6.26. The highest BCUT2D eigenvalue weighted by molar-refractivity contribution is 7.07. The molecule has 1 aliphatic rings. The molecular formula is C14H23NO3S. The lowest BCUT2D eigenvalue weighted by Crippen LogP contribution is -2.33. The first-order valence-corrected chi connectivity index (χ1v) is 7.90. The van der Waals surface area contributed by atoms with Crippen LogP contribution in [0, 0.1) is 0 Å². The molecule has 2 atom stereocenters. The molecule has 2 rings (SSSR count). The fraction of sp³-hybridized carbons (Fsp3) is 0.714. The monoisotopic (exact) mass is 285 g/mol. The van der Waals surface area contributed by atoms with E-state index in [-0.39, 0.29) is 0 Å². The molecule has 0 aromatic carbocycles. The Hall–Kier alpha value is -0.460. The van der Waals surface area contributed by atoms with Crippen molar-refractivity contribution >= 4 is 11.3 Å². The number of rotatable bonds is 8. The zero-order chi connectivity index (χ0) is 13.5. The highest BCUT2D eigenvalue weighted by atomic mass is 32.1. The summed E-state index contributed by atoms with van der Waals surface area (Å²) in [4.78, 5) is 0. The number of nitrogens with one attached hydrogen (secondary N) is 1. The molecule has 108 valence electrons. The minimum absolute atomic E-state index is 0.339. The van der Waals surface area contributed by atoms with Crippen molar-refractivity contribution in [2.75, 3.05) is 19.7 Å². The summed E-state index contributed by atoms with van der Waals surface area (Å²) in [5, 5.41) is 26.6. The Morgan fingerprint density at radius 2 is 2.11 bits per heavy atom. The van der Waals surface area contributed by atoms with Gasteiger partial charge in [-0.25, -0.2) is 0 Å². The molecule has 5 heteroatoms. The molecule has 0 spiro atoms. The second-order valence-electron chi connectivity index (χ2n) is 5.12. The first-order valence-electron chi connectivity index (χ1n) is 6.96. The van der Waals surface area contributed by atoms with Crippen molar-refractivity contribution in [1.82, 2.24) is 5.32 Å². The number of thiophene rings is 1. The number of hydrogen-bond donors (Lipinski definition) is 3. The lowest BCUT2D eigenvalue weighted by atomic mass is 10.2. The van der Waals surface area contributed by atoms with Gasteiger partial charge in [-0.15, -0.1) is 0 Å². The maximum absolute atomic E-state index is 9.86. The highest BCUT2D eigenvalue weighted by Crippen LogP contribution is 2.20. The van der Waals surface area contributed by atoms with Crippen molar-refractivity contribution in [2.45, 2.75) is 44.0 Å². The molecule has 3 N–H and O–H groups in total. The second-order valence-corrected chi connectivity index (χ2v) is 5.90. The summed E-state index contributed by atoms with van der Waals surface area (Å²) >= 11 is 1.57. The predicted molar refractivity (Wildman–Crippen MR) is 76.4 cm³/mol. The molecule has 0 aliphatic heterocycles. The van der Waals surface area contributed by atoms with E-state index in [1.807, 2.05) is 16.8 Å². The van der Waals surface area contributed by atoms with E-state index in [0.717, 1.165) is 18.4 Å². The minimum Gasteiger partial charge on any atom is -0.389 e. The van der Waals surface area contributed by atoms with Gasteiger partial charge in [-0.3, -0.25) is 0 Å². The molecule has 0 bridgehead atoms. The SMILES string of the molecule is OC(CNCC(O)c1ccsc1)COC1CCCC1. The Morgan fingerprint density at radius 3 is 2.79 bits per heavy atom. The van der Waals surface area contributed by atoms with Gasteiger partial charge in [0.25, 0.3) is 0 Å². The Morgan fingerprint density at radius 1 is 1.32 bits per heavy atom. The Bertz CT molecular complexity index is 338. The second kappa shape index (κ2) is 7.97. The van der Waals surface area contributed by atoms with Gasteiger partial charge >= 0.3 is 0 Å². The van der Waals surface area contributed by atoms with Gasteiger partial charge in [-0.2, -0.15) is 11.3 Å². The zero-order valence-electron chi connectivity index (χ0n) is 11.1. The minimum atomic E-state index is -0.505. The van der Waals surface area contributed by atoms with E-state index in [1.165, 1.54) is 12.8 Å². The Labute approximate surface area is 118 Å². The molecule has 1 fully saturated rings. The quantitative estimate of drug-likeness (QED) is 0.680. The average Bonchev–Trinajstić information content (AvgIpc) is 3.09. The van der Waals surface area contributed by atoms with E-state index in [9.17, 15) is 10.2 Å². The number of aliphatic hydroxyl groups excluding tert-OH is 2. The van der Waals surface area contributed by atoms with Crippen LogP contribution in [0.5, 0.6) is 0 Å². The van der Waals surface area contributed by atoms with Crippen LogP contribution in [-0.4, -0.2) is 42.1 Å². The van der Waals surface area contributed by atoms with Gasteiger partial charge in [0.15, 0.2) is 0 Å². The van der Waals surface area contributed by atoms with Gasteiger partial charge in [0, 0.05) is 13.1 Å². The molecule has 1 aromatic heterocycles. The topological polar surface area (TPSA) is 61.7 Å². The van der Waals surface area contributed by atoms with E-state index in [0.29, 0.717) is 25.8 Å². The molecule has 1 aliphatic carbocycles. The number of hydrogen-bond acceptors (Lipinski definition) is 5. The molecule has 0 saturated heterocycles. The van der Waals surface area contributed by atoms with Crippen LogP contribution in [-0.2, 0) is 4.74 Å². The lowest BCUT2D eigenvalue weighted by Gasteiger charge is -2.17. The summed E-state index contributed by atoms with van der Waals surface area (Å²) in [5.74, 6) is 0. The fourth-order valence-electron chi connectivity index (χ4n) is 2.33. The average molecular weight is 285 g/mol. The van der Waals surface area contributed by atoms with Crippen LogP contribution in [0.3, 0.4) is 0 Å². The van der Waals surface area contributed by atoms with E-state index < -0.39 is 12.2 Å². The maximum Gasteiger partial charge on any atom is 0.0922 e. The Balaban J connectivity index is 1.54. The van der Waals surface area contributed by atoms with Crippen LogP contribution in [0.4, 0.5) is 0 Å². The zero-order valence-corrected chi connectivity index (χ0v) is 11.9. The van der Waals surface area contributed by atoms with Gasteiger partial charge in [0.1, 0.15) is 0 Å². The number of ether oxygens (including phenoxy) is 1. The van der Waals surface area contributed by atoms with Crippen molar-refractivity contribution in [2.24, 2.45) is 0 Å². The van der Waals surface area contributed by atoms with Crippen molar-refractivity contribution in [1.29, 1.82) is 0 Å². The van der Waals surface area contributed by atoms with Crippen LogP contribution in [0.2, 0.25) is 0 Å². The molecule has 4 nitrogen and oxygen atoms in total. The molecule has 1 saturated carbocycles. The largest absolute Gasteiger partial charge is 0.389 e. The summed E-state index contributed by atoms with van der Waals surface area (Å²) in [6, 6.07) is 1.91. The summed E-state index contributed by atoms with van der Waals surface area (Å²) in [6.07, 6.45) is 4.06. The number of aliphatic hydroxyl groups is 2. The molecule has 2 unspecified atom stereocenters. The third kappa shape index (κ3) is 5.20. The van der Waals surface area contributed by atoms with E-state index >= 15 is 0 Å². The van der Waals surface area contributed by atoms with Crippen LogP contribution in [0.25, 0.3) is 0 Å². The van der Waals surface area contributed by atoms with Crippen molar-refractivity contribution < 1.29 is 14.9 Å². The van der Waals surface area contributed by atoms with Crippen LogP contribution >= 0.6 is 11.3 Å². The summed E-state index contributed by atoms with van der Waals surface area (Å²) in [7, 11) is 0. The normalized spacial score (nSPS) is 19.7. The van der Waals surface area contributed by atoms with Gasteiger partial charge < -0.3 is 20.3 Å². The third-order valence-corrected chi connectivity index (χ3v) is 4.17. The molecule has 1 aromatic rings. The third-order valence-electron chi connectivity index (χ3n) is 3.47. The first kappa shape index (κ1) is 14.9. The predicted octanol–water partition coefficient (Wildman–Crippen LogP) is 1.69. The summed E-state index contributed by atoms with van der Waals surface area (Å²) < 4.78 is 5.64. The standard InChI is InChI=1S/C14H23NO3S/c16-12(9-18-13-3-1-2-4-13)7-15-8-14(17)11-5-6-19-10-11/h5-6,10,12-17H,1-4,7-9H2.